The molecule has 92 valence electrons. The molecule has 0 radical (unpaired) electrons. The zero-order valence-corrected chi connectivity index (χ0v) is 12.5. The van der Waals surface area contributed by atoms with Gasteiger partial charge in [-0.3, -0.25) is 0 Å². The van der Waals surface area contributed by atoms with Crippen LogP contribution in [-0.4, -0.2) is 4.98 Å². The monoisotopic (exact) mass is 286 g/mol. The highest BCUT2D eigenvalue weighted by atomic mass is 35.5. The molecule has 1 unspecified atom stereocenters. The molecular formula is C12H15ClN2S2. The lowest BCUT2D eigenvalue weighted by molar-refractivity contribution is 0.585. The Labute approximate surface area is 115 Å². The molecule has 0 aromatic carbocycles. The van der Waals surface area contributed by atoms with Gasteiger partial charge in [0.05, 0.1) is 15.0 Å². The number of hydrogen-bond donors (Lipinski definition) is 1. The molecule has 5 heteroatoms. The van der Waals surface area contributed by atoms with E-state index in [-0.39, 0.29) is 0 Å². The van der Waals surface area contributed by atoms with E-state index in [9.17, 15) is 0 Å². The van der Waals surface area contributed by atoms with Crippen LogP contribution in [0.1, 0.15) is 33.4 Å². The SMILES string of the molecule is Cc1nc(C)c(CNC(C)c2ccc(Cl)s2)s1. The first-order valence-electron chi connectivity index (χ1n) is 5.48. The van der Waals surface area contributed by atoms with Crippen molar-refractivity contribution in [2.45, 2.75) is 33.4 Å². The van der Waals surface area contributed by atoms with Crippen molar-refractivity contribution in [3.05, 3.63) is 36.9 Å². The molecule has 0 saturated heterocycles. The Morgan fingerprint density at radius 1 is 1.35 bits per heavy atom. The van der Waals surface area contributed by atoms with Crippen LogP contribution in [0, 0.1) is 13.8 Å². The second-order valence-electron chi connectivity index (χ2n) is 3.99. The third-order valence-corrected chi connectivity index (χ3v) is 5.08. The Hall–Kier alpha value is -0.420. The highest BCUT2D eigenvalue weighted by molar-refractivity contribution is 7.16. The van der Waals surface area contributed by atoms with E-state index in [1.807, 2.05) is 13.0 Å². The number of thiophene rings is 1. The van der Waals surface area contributed by atoms with Crippen molar-refractivity contribution in [1.29, 1.82) is 0 Å². The number of aromatic nitrogens is 1. The minimum Gasteiger partial charge on any atom is -0.304 e. The van der Waals surface area contributed by atoms with Crippen LogP contribution in [0.4, 0.5) is 0 Å². The fourth-order valence-corrected chi connectivity index (χ4v) is 3.62. The van der Waals surface area contributed by atoms with E-state index >= 15 is 0 Å². The third-order valence-electron chi connectivity index (χ3n) is 2.59. The van der Waals surface area contributed by atoms with Crippen LogP contribution in [0.5, 0.6) is 0 Å². The molecule has 2 rings (SSSR count). The lowest BCUT2D eigenvalue weighted by atomic mass is 10.2. The summed E-state index contributed by atoms with van der Waals surface area (Å²) >= 11 is 9.32. The number of aryl methyl sites for hydroxylation is 2. The molecule has 0 spiro atoms. The van der Waals surface area contributed by atoms with E-state index in [0.717, 1.165) is 21.6 Å². The van der Waals surface area contributed by atoms with Crippen molar-refractivity contribution < 1.29 is 0 Å². The summed E-state index contributed by atoms with van der Waals surface area (Å²) in [5.74, 6) is 0. The Bertz CT molecular complexity index is 504. The molecule has 0 aliphatic carbocycles. The fourth-order valence-electron chi connectivity index (χ4n) is 1.64. The topological polar surface area (TPSA) is 24.9 Å². The van der Waals surface area contributed by atoms with E-state index in [0.29, 0.717) is 6.04 Å². The molecule has 0 saturated carbocycles. The maximum Gasteiger partial charge on any atom is 0.0931 e. The lowest BCUT2D eigenvalue weighted by Crippen LogP contribution is -2.16. The number of nitrogens with one attached hydrogen (secondary N) is 1. The number of halogens is 1. The highest BCUT2D eigenvalue weighted by Gasteiger charge is 2.10. The molecule has 0 aliphatic heterocycles. The van der Waals surface area contributed by atoms with E-state index < -0.39 is 0 Å². The molecule has 0 aliphatic rings. The maximum atomic E-state index is 5.93. The van der Waals surface area contributed by atoms with Gasteiger partial charge in [0.1, 0.15) is 0 Å². The van der Waals surface area contributed by atoms with Crippen molar-refractivity contribution in [2.75, 3.05) is 0 Å². The van der Waals surface area contributed by atoms with Crippen molar-refractivity contribution in [2.24, 2.45) is 0 Å². The lowest BCUT2D eigenvalue weighted by Gasteiger charge is -2.11. The molecule has 0 fully saturated rings. The van der Waals surface area contributed by atoms with Crippen molar-refractivity contribution in [1.82, 2.24) is 10.3 Å². The maximum absolute atomic E-state index is 5.93. The van der Waals surface area contributed by atoms with E-state index in [1.165, 1.54) is 9.75 Å². The van der Waals surface area contributed by atoms with Crippen molar-refractivity contribution >= 4 is 34.3 Å². The Kier molecular flexibility index (Phi) is 4.20. The Balaban J connectivity index is 1.96. The summed E-state index contributed by atoms with van der Waals surface area (Å²) in [5.41, 5.74) is 1.14. The van der Waals surface area contributed by atoms with Gasteiger partial charge in [-0.2, -0.15) is 0 Å². The molecular weight excluding hydrogens is 272 g/mol. The van der Waals surface area contributed by atoms with Gasteiger partial charge in [0.25, 0.3) is 0 Å². The number of nitrogens with zero attached hydrogens (tertiary/aromatic N) is 1. The molecule has 0 bridgehead atoms. The molecule has 2 heterocycles. The first-order valence-corrected chi connectivity index (χ1v) is 7.49. The van der Waals surface area contributed by atoms with Crippen LogP contribution in [0.25, 0.3) is 0 Å². The van der Waals surface area contributed by atoms with Crippen LogP contribution in [0.2, 0.25) is 4.34 Å². The predicted molar refractivity (Wildman–Crippen MR) is 76.2 cm³/mol. The van der Waals surface area contributed by atoms with Gasteiger partial charge in [0.2, 0.25) is 0 Å². The van der Waals surface area contributed by atoms with Crippen LogP contribution in [0.3, 0.4) is 0 Å². The standard InChI is InChI=1S/C12H15ClN2S2/c1-7(10-4-5-12(13)17-10)14-6-11-8(2)15-9(3)16-11/h4-5,7,14H,6H2,1-3H3. The van der Waals surface area contributed by atoms with Crippen LogP contribution < -0.4 is 5.32 Å². The van der Waals surface area contributed by atoms with E-state index in [1.54, 1.807) is 22.7 Å². The number of rotatable bonds is 4. The van der Waals surface area contributed by atoms with Gasteiger partial charge in [-0.05, 0) is 32.9 Å². The summed E-state index contributed by atoms with van der Waals surface area (Å²) in [4.78, 5) is 7.01. The largest absolute Gasteiger partial charge is 0.304 e. The molecule has 2 aromatic heterocycles. The molecule has 1 N–H and O–H groups in total. The zero-order chi connectivity index (χ0) is 12.4. The zero-order valence-electron chi connectivity index (χ0n) is 10.1. The van der Waals surface area contributed by atoms with Crippen LogP contribution >= 0.6 is 34.3 Å². The van der Waals surface area contributed by atoms with Gasteiger partial charge in [0, 0.05) is 22.3 Å². The molecule has 2 nitrogen and oxygen atoms in total. The van der Waals surface area contributed by atoms with Crippen LogP contribution in [0.15, 0.2) is 12.1 Å². The van der Waals surface area contributed by atoms with Gasteiger partial charge in [-0.15, -0.1) is 22.7 Å². The van der Waals surface area contributed by atoms with Crippen molar-refractivity contribution in [3.8, 4) is 0 Å². The minimum atomic E-state index is 0.328. The third kappa shape index (κ3) is 3.28. The van der Waals surface area contributed by atoms with E-state index in [2.05, 4.69) is 30.2 Å². The molecule has 0 amide bonds. The Morgan fingerprint density at radius 2 is 2.12 bits per heavy atom. The fraction of sp³-hybridized carbons (Fsp3) is 0.417. The number of hydrogen-bond acceptors (Lipinski definition) is 4. The molecule has 17 heavy (non-hydrogen) atoms. The average Bonchev–Trinajstić information content (AvgIpc) is 2.82. The summed E-state index contributed by atoms with van der Waals surface area (Å²) in [6, 6.07) is 4.35. The normalized spacial score (nSPS) is 12.9. The molecule has 1 atom stereocenters. The highest BCUT2D eigenvalue weighted by Crippen LogP contribution is 2.27. The Morgan fingerprint density at radius 3 is 2.65 bits per heavy atom. The van der Waals surface area contributed by atoms with Crippen LogP contribution in [-0.2, 0) is 6.54 Å². The molecule has 2 aromatic rings. The predicted octanol–water partition coefficient (Wildman–Crippen LogP) is 4.33. The van der Waals surface area contributed by atoms with Gasteiger partial charge in [-0.25, -0.2) is 4.98 Å². The first kappa shape index (κ1) is 13.0. The summed E-state index contributed by atoms with van der Waals surface area (Å²) in [5, 5.41) is 4.64. The smallest absolute Gasteiger partial charge is 0.0931 e. The second-order valence-corrected chi connectivity index (χ2v) is 7.02. The van der Waals surface area contributed by atoms with Crippen molar-refractivity contribution in [3.63, 3.8) is 0 Å². The minimum absolute atomic E-state index is 0.328. The quantitative estimate of drug-likeness (QED) is 0.905. The summed E-state index contributed by atoms with van der Waals surface area (Å²) < 4.78 is 0.846. The number of thiazole rings is 1. The van der Waals surface area contributed by atoms with Gasteiger partial charge in [-0.1, -0.05) is 11.6 Å². The van der Waals surface area contributed by atoms with Gasteiger partial charge in [0.15, 0.2) is 0 Å². The van der Waals surface area contributed by atoms with Gasteiger partial charge >= 0.3 is 0 Å². The van der Waals surface area contributed by atoms with Gasteiger partial charge < -0.3 is 5.32 Å². The average molecular weight is 287 g/mol. The summed E-state index contributed by atoms with van der Waals surface area (Å²) in [6.07, 6.45) is 0. The first-order chi connectivity index (χ1) is 8.06. The van der Waals surface area contributed by atoms with E-state index in [4.69, 9.17) is 11.6 Å². The summed E-state index contributed by atoms with van der Waals surface area (Å²) in [7, 11) is 0. The second kappa shape index (κ2) is 5.48. The summed E-state index contributed by atoms with van der Waals surface area (Å²) in [6.45, 7) is 7.14.